The van der Waals surface area contributed by atoms with E-state index in [0.717, 1.165) is 38.2 Å². The second-order valence-electron chi connectivity index (χ2n) is 13.2. The van der Waals surface area contributed by atoms with E-state index in [-0.39, 0.29) is 32.2 Å². The van der Waals surface area contributed by atoms with Crippen LogP contribution in [0.15, 0.2) is 52.6 Å². The molecule has 9 nitrogen and oxygen atoms in total. The first-order valence-electron chi connectivity index (χ1n) is 14.5. The normalized spacial score (nSPS) is 18.7. The van der Waals surface area contributed by atoms with Crippen LogP contribution in [0, 0.1) is 5.41 Å². The number of hydrogen-bond donors (Lipinski definition) is 2. The zero-order chi connectivity index (χ0) is 31.9. The van der Waals surface area contributed by atoms with Crippen molar-refractivity contribution in [2.45, 2.75) is 87.1 Å². The van der Waals surface area contributed by atoms with E-state index < -0.39 is 23.1 Å². The molecule has 13 heteroatoms. The lowest BCUT2D eigenvalue weighted by Crippen LogP contribution is -2.49. The first kappa shape index (κ1) is 33.1. The van der Waals surface area contributed by atoms with Crippen LogP contribution in [0.5, 0.6) is 0 Å². The Balaban J connectivity index is 1.26. The molecule has 0 bridgehead atoms. The maximum absolute atomic E-state index is 13.2. The number of amides is 1. The number of halogens is 2. The molecule has 5 rings (SSSR count). The Bertz CT molecular complexity index is 1510. The molecule has 1 aliphatic carbocycles. The lowest BCUT2D eigenvalue weighted by molar-refractivity contribution is 0.0635. The molecule has 3 heterocycles. The summed E-state index contributed by atoms with van der Waals surface area (Å²) in [5, 5.41) is 3.53. The highest BCUT2D eigenvalue weighted by atomic mass is 35.5. The van der Waals surface area contributed by atoms with Gasteiger partial charge >= 0.3 is 6.09 Å². The van der Waals surface area contributed by atoms with Gasteiger partial charge < -0.3 is 14.2 Å². The predicted octanol–water partition coefficient (Wildman–Crippen LogP) is 7.61. The quantitative estimate of drug-likeness (QED) is 0.201. The van der Waals surface area contributed by atoms with Crippen molar-refractivity contribution in [2.24, 2.45) is 5.41 Å². The molecule has 1 spiro atoms. The molecule has 3 aromatic rings. The third-order valence-electron chi connectivity index (χ3n) is 7.73. The third kappa shape index (κ3) is 7.57. The summed E-state index contributed by atoms with van der Waals surface area (Å²) in [4.78, 5) is 28.5. The predicted molar refractivity (Wildman–Crippen MR) is 178 cm³/mol. The molecule has 44 heavy (non-hydrogen) atoms. The van der Waals surface area contributed by atoms with Gasteiger partial charge in [-0.25, -0.2) is 19.7 Å². The molecule has 1 unspecified atom stereocenters. The second kappa shape index (κ2) is 12.8. The maximum atomic E-state index is 13.2. The SMILES string of the molecule is CC(C)(C)OC(=O)Nc1cc(Sc2cnc(N3CCC4(CC3)Cc3ccccc3[C@H]4N[S+]([O-])C(C)(C)C)cn2)c(Cl)c(Cl)n1. The molecule has 0 radical (unpaired) electrons. The van der Waals surface area contributed by atoms with Gasteiger partial charge in [0.25, 0.3) is 0 Å². The fourth-order valence-corrected chi connectivity index (χ4v) is 7.77. The van der Waals surface area contributed by atoms with Crippen molar-refractivity contribution in [3.05, 3.63) is 64.0 Å². The highest BCUT2D eigenvalue weighted by Crippen LogP contribution is 2.53. The summed E-state index contributed by atoms with van der Waals surface area (Å²) in [6.07, 6.45) is 5.69. The Labute approximate surface area is 276 Å². The van der Waals surface area contributed by atoms with Crippen LogP contribution in [0.3, 0.4) is 0 Å². The summed E-state index contributed by atoms with van der Waals surface area (Å²) in [6.45, 7) is 13.0. The van der Waals surface area contributed by atoms with E-state index in [1.54, 1.807) is 39.2 Å². The third-order valence-corrected chi connectivity index (χ3v) is 11.1. The van der Waals surface area contributed by atoms with Crippen LogP contribution < -0.4 is 14.9 Å². The smallest absolute Gasteiger partial charge is 0.413 e. The van der Waals surface area contributed by atoms with E-state index in [1.165, 1.54) is 22.9 Å². The number of hydrogen-bond acceptors (Lipinski definition) is 9. The van der Waals surface area contributed by atoms with Crippen LogP contribution in [-0.4, -0.2) is 49.0 Å². The van der Waals surface area contributed by atoms with E-state index >= 15 is 0 Å². The molecule has 2 aliphatic rings. The maximum Gasteiger partial charge on any atom is 0.413 e. The van der Waals surface area contributed by atoms with Gasteiger partial charge in [-0.1, -0.05) is 59.2 Å². The second-order valence-corrected chi connectivity index (χ2v) is 17.0. The highest BCUT2D eigenvalue weighted by Gasteiger charge is 2.50. The van der Waals surface area contributed by atoms with E-state index in [1.807, 2.05) is 20.8 Å². The molecule has 1 amide bonds. The first-order valence-corrected chi connectivity index (χ1v) is 17.2. The summed E-state index contributed by atoms with van der Waals surface area (Å²) in [6, 6.07) is 10.2. The van der Waals surface area contributed by atoms with Crippen molar-refractivity contribution in [3.63, 3.8) is 0 Å². The molecule has 1 fully saturated rings. The van der Waals surface area contributed by atoms with Crippen LogP contribution >= 0.6 is 35.0 Å². The minimum Gasteiger partial charge on any atom is -0.598 e. The van der Waals surface area contributed by atoms with Gasteiger partial charge in [-0.2, -0.15) is 0 Å². The lowest BCUT2D eigenvalue weighted by atomic mass is 9.73. The average molecular weight is 678 g/mol. The van der Waals surface area contributed by atoms with Crippen molar-refractivity contribution in [2.75, 3.05) is 23.3 Å². The molecule has 2 aromatic heterocycles. The Morgan fingerprint density at radius 3 is 2.45 bits per heavy atom. The summed E-state index contributed by atoms with van der Waals surface area (Å²) >= 11 is 12.8. The number of carbonyl (C=O) groups is 1. The fourth-order valence-electron chi connectivity index (χ4n) is 5.57. The Hall–Kier alpha value is -2.28. The summed E-state index contributed by atoms with van der Waals surface area (Å²) in [7, 11) is 0. The number of benzene rings is 1. The van der Waals surface area contributed by atoms with Gasteiger partial charge in [-0.15, -0.1) is 4.72 Å². The largest absolute Gasteiger partial charge is 0.598 e. The molecule has 1 aliphatic heterocycles. The Morgan fingerprint density at radius 2 is 1.82 bits per heavy atom. The molecule has 1 aromatic carbocycles. The van der Waals surface area contributed by atoms with E-state index in [9.17, 15) is 9.35 Å². The number of anilines is 2. The Morgan fingerprint density at radius 1 is 1.11 bits per heavy atom. The molecule has 2 N–H and O–H groups in total. The van der Waals surface area contributed by atoms with Gasteiger partial charge in [0.15, 0.2) is 5.15 Å². The van der Waals surface area contributed by atoms with Gasteiger partial charge in [0, 0.05) is 34.8 Å². The number of ether oxygens (including phenoxy) is 1. The highest BCUT2D eigenvalue weighted by molar-refractivity contribution is 7.99. The van der Waals surface area contributed by atoms with Crippen LogP contribution in [0.2, 0.25) is 10.2 Å². The zero-order valence-electron chi connectivity index (χ0n) is 25.7. The minimum absolute atomic E-state index is 0.00722. The number of piperidine rings is 1. The number of pyridine rings is 1. The van der Waals surface area contributed by atoms with E-state index in [4.69, 9.17) is 32.9 Å². The first-order chi connectivity index (χ1) is 20.6. The van der Waals surface area contributed by atoms with Gasteiger partial charge in [0.2, 0.25) is 0 Å². The minimum atomic E-state index is -1.18. The lowest BCUT2D eigenvalue weighted by Gasteiger charge is -2.44. The zero-order valence-corrected chi connectivity index (χ0v) is 28.9. The van der Waals surface area contributed by atoms with Gasteiger partial charge in [0.05, 0.1) is 23.5 Å². The van der Waals surface area contributed by atoms with Crippen LogP contribution in [0.4, 0.5) is 16.4 Å². The average Bonchev–Trinajstić information content (AvgIpc) is 3.23. The summed E-state index contributed by atoms with van der Waals surface area (Å²) in [5.74, 6) is 1.02. The van der Waals surface area contributed by atoms with E-state index in [2.05, 4.69) is 49.2 Å². The summed E-state index contributed by atoms with van der Waals surface area (Å²) < 4.78 is 21.7. The van der Waals surface area contributed by atoms with Crippen molar-refractivity contribution in [3.8, 4) is 0 Å². The molecule has 0 saturated carbocycles. The number of aromatic nitrogens is 3. The van der Waals surface area contributed by atoms with Crippen molar-refractivity contribution < 1.29 is 14.1 Å². The van der Waals surface area contributed by atoms with Crippen molar-refractivity contribution in [1.82, 2.24) is 19.7 Å². The molecular formula is C31H38Cl2N6O3S2. The molecular weight excluding hydrogens is 639 g/mol. The molecule has 2 atom stereocenters. The van der Waals surface area contributed by atoms with Crippen molar-refractivity contribution in [1.29, 1.82) is 0 Å². The number of nitrogens with one attached hydrogen (secondary N) is 2. The Kier molecular flexibility index (Phi) is 9.66. The fraction of sp³-hybridized carbons (Fsp3) is 0.484. The number of carbonyl (C=O) groups excluding carboxylic acids is 1. The van der Waals surface area contributed by atoms with Gasteiger partial charge in [-0.3, -0.25) is 5.32 Å². The van der Waals surface area contributed by atoms with Gasteiger partial charge in [0.1, 0.15) is 27.0 Å². The van der Waals surface area contributed by atoms with Crippen molar-refractivity contribution >= 4 is 64.1 Å². The number of fused-ring (bicyclic) bond motifs is 1. The van der Waals surface area contributed by atoms with Gasteiger partial charge in [-0.05, 0) is 78.0 Å². The monoisotopic (exact) mass is 676 g/mol. The molecule has 236 valence electrons. The topological polar surface area (TPSA) is 115 Å². The number of nitrogens with zero attached hydrogens (tertiary/aromatic N) is 4. The standard InChI is InChI=1S/C31H38Cl2N6O3S2/c1-29(2,3)42-28(40)37-22-15-21(25(32)27(33)36-22)43-24-18-34-23(17-35-24)39-13-11-31(12-14-39)16-19-9-7-8-10-20(19)26(31)38-44(41)30(4,5)6/h7-10,15,17-18,26,38H,11-14,16H2,1-6H3,(H,36,37,40)/t26-,44?/m1/s1. The van der Waals surface area contributed by atoms with Crippen LogP contribution in [0.1, 0.15) is 71.6 Å². The van der Waals surface area contributed by atoms with Crippen LogP contribution in [0.25, 0.3) is 0 Å². The summed E-state index contributed by atoms with van der Waals surface area (Å²) in [5.41, 5.74) is 1.94. The van der Waals surface area contributed by atoms with E-state index in [0.29, 0.717) is 9.92 Å². The van der Waals surface area contributed by atoms with Crippen LogP contribution in [-0.2, 0) is 22.5 Å². The number of rotatable bonds is 6. The molecule has 1 saturated heterocycles.